The molecule has 0 saturated carbocycles. The topological polar surface area (TPSA) is 47.9 Å². The zero-order valence-electron chi connectivity index (χ0n) is 8.27. The van der Waals surface area contributed by atoms with Crippen LogP contribution in [0.15, 0.2) is 12.2 Å². The van der Waals surface area contributed by atoms with Crippen LogP contribution in [-0.4, -0.2) is 35.0 Å². The van der Waals surface area contributed by atoms with E-state index in [4.69, 9.17) is 14.2 Å². The van der Waals surface area contributed by atoms with Gasteiger partial charge in [0.05, 0.1) is 0 Å². The molecular weight excluding hydrogens is 184 g/mol. The number of ether oxygens (including phenoxy) is 3. The fraction of sp³-hybridized carbons (Fsp3) is 0.800. The highest BCUT2D eigenvalue weighted by atomic mass is 16.8. The van der Waals surface area contributed by atoms with Gasteiger partial charge in [-0.1, -0.05) is 12.2 Å². The van der Waals surface area contributed by atoms with Gasteiger partial charge in [0, 0.05) is 0 Å². The summed E-state index contributed by atoms with van der Waals surface area (Å²) in [7, 11) is 0. The minimum absolute atomic E-state index is 0.270. The lowest BCUT2D eigenvalue weighted by atomic mass is 9.94. The molecule has 0 aromatic carbocycles. The monoisotopic (exact) mass is 198 g/mol. The molecule has 2 fully saturated rings. The van der Waals surface area contributed by atoms with Crippen LogP contribution in [-0.2, 0) is 14.2 Å². The van der Waals surface area contributed by atoms with Gasteiger partial charge in [-0.05, 0) is 20.3 Å². The van der Waals surface area contributed by atoms with Crippen LogP contribution in [0.5, 0.6) is 0 Å². The fourth-order valence-electron chi connectivity index (χ4n) is 2.42. The smallest absolute Gasteiger partial charge is 0.190 e. The minimum atomic E-state index is -0.918. The lowest BCUT2D eigenvalue weighted by Crippen LogP contribution is -2.45. The summed E-state index contributed by atoms with van der Waals surface area (Å²) in [6, 6.07) is 0. The molecule has 78 valence electrons. The lowest BCUT2D eigenvalue weighted by molar-refractivity contribution is -0.220. The van der Waals surface area contributed by atoms with Gasteiger partial charge in [0.2, 0.25) is 0 Å². The lowest BCUT2D eigenvalue weighted by Gasteiger charge is -2.28. The molecule has 3 aliphatic rings. The Kier molecular flexibility index (Phi) is 1.51. The van der Waals surface area contributed by atoms with Crippen molar-refractivity contribution in [2.24, 2.45) is 0 Å². The number of rotatable bonds is 0. The first-order valence-corrected chi connectivity index (χ1v) is 4.91. The van der Waals surface area contributed by atoms with E-state index in [0.29, 0.717) is 6.42 Å². The number of hydrogen-bond donors (Lipinski definition) is 1. The summed E-state index contributed by atoms with van der Waals surface area (Å²) < 4.78 is 16.8. The van der Waals surface area contributed by atoms with Crippen molar-refractivity contribution >= 4 is 0 Å². The molecule has 0 aromatic heterocycles. The highest BCUT2D eigenvalue weighted by molar-refractivity contribution is 5.20. The van der Waals surface area contributed by atoms with Crippen LogP contribution >= 0.6 is 0 Å². The quantitative estimate of drug-likeness (QED) is 0.577. The number of hydrogen-bond acceptors (Lipinski definition) is 4. The van der Waals surface area contributed by atoms with Crippen molar-refractivity contribution in [1.82, 2.24) is 0 Å². The Labute approximate surface area is 82.5 Å². The minimum Gasteiger partial charge on any atom is -0.384 e. The average molecular weight is 198 g/mol. The van der Waals surface area contributed by atoms with Crippen molar-refractivity contribution in [2.45, 2.75) is 50.2 Å². The second-order valence-electron chi connectivity index (χ2n) is 4.60. The third-order valence-corrected chi connectivity index (χ3v) is 3.08. The Morgan fingerprint density at radius 2 is 2.14 bits per heavy atom. The standard InChI is InChI=1S/C10H14O4/c1-9(2)13-7-8(14-9)12-6-4-3-5-10(6,7)11/h3-4,6-8,11H,5H2,1-2H3/t6-,7+,8-,10-/m1/s1. The van der Waals surface area contributed by atoms with Crippen LogP contribution in [0.2, 0.25) is 0 Å². The summed E-state index contributed by atoms with van der Waals surface area (Å²) in [6.07, 6.45) is 3.32. The SMILES string of the molecule is CC1(C)O[C@H]2O[C@@H]3C=CC[C@]3(O)[C@H]2O1. The van der Waals surface area contributed by atoms with E-state index in [0.717, 1.165) is 0 Å². The van der Waals surface area contributed by atoms with Crippen molar-refractivity contribution in [1.29, 1.82) is 0 Å². The van der Waals surface area contributed by atoms with Gasteiger partial charge in [-0.15, -0.1) is 0 Å². The van der Waals surface area contributed by atoms with E-state index < -0.39 is 17.7 Å². The summed E-state index contributed by atoms with van der Waals surface area (Å²) in [6.45, 7) is 3.66. The van der Waals surface area contributed by atoms with Gasteiger partial charge >= 0.3 is 0 Å². The van der Waals surface area contributed by atoms with Crippen LogP contribution in [0.25, 0.3) is 0 Å². The summed E-state index contributed by atoms with van der Waals surface area (Å²) in [5.41, 5.74) is -0.918. The molecule has 4 nitrogen and oxygen atoms in total. The molecule has 0 bridgehead atoms. The molecule has 14 heavy (non-hydrogen) atoms. The second-order valence-corrected chi connectivity index (χ2v) is 4.60. The highest BCUT2D eigenvalue weighted by Crippen LogP contribution is 2.47. The zero-order valence-corrected chi connectivity index (χ0v) is 8.27. The van der Waals surface area contributed by atoms with Crippen molar-refractivity contribution in [3.8, 4) is 0 Å². The second kappa shape index (κ2) is 2.39. The van der Waals surface area contributed by atoms with Crippen LogP contribution in [0.3, 0.4) is 0 Å². The first-order valence-electron chi connectivity index (χ1n) is 4.91. The van der Waals surface area contributed by atoms with E-state index in [1.54, 1.807) is 0 Å². The Balaban J connectivity index is 1.91. The normalized spacial score (nSPS) is 53.5. The first-order chi connectivity index (χ1) is 6.51. The van der Waals surface area contributed by atoms with Crippen molar-refractivity contribution in [3.05, 3.63) is 12.2 Å². The van der Waals surface area contributed by atoms with E-state index in [9.17, 15) is 5.11 Å². The molecule has 0 amide bonds. The molecule has 2 aliphatic heterocycles. The molecule has 0 radical (unpaired) electrons. The molecule has 4 atom stereocenters. The van der Waals surface area contributed by atoms with Crippen LogP contribution in [0.1, 0.15) is 20.3 Å². The molecule has 0 spiro atoms. The maximum absolute atomic E-state index is 10.3. The molecule has 1 N–H and O–H groups in total. The third kappa shape index (κ3) is 0.969. The van der Waals surface area contributed by atoms with Gasteiger partial charge in [0.1, 0.15) is 17.8 Å². The number of aliphatic hydroxyl groups is 1. The van der Waals surface area contributed by atoms with Crippen LogP contribution in [0, 0.1) is 0 Å². The average Bonchev–Trinajstić information content (AvgIpc) is 2.60. The van der Waals surface area contributed by atoms with E-state index in [2.05, 4.69) is 0 Å². The molecular formula is C10H14O4. The van der Waals surface area contributed by atoms with E-state index >= 15 is 0 Å². The summed E-state index contributed by atoms with van der Waals surface area (Å²) >= 11 is 0. The third-order valence-electron chi connectivity index (χ3n) is 3.08. The fourth-order valence-corrected chi connectivity index (χ4v) is 2.42. The van der Waals surface area contributed by atoms with Gasteiger partial charge in [0.25, 0.3) is 0 Å². The Bertz CT molecular complexity index is 298. The largest absolute Gasteiger partial charge is 0.384 e. The van der Waals surface area contributed by atoms with E-state index in [1.165, 1.54) is 0 Å². The van der Waals surface area contributed by atoms with Gasteiger partial charge in [-0.3, -0.25) is 0 Å². The molecule has 0 aromatic rings. The van der Waals surface area contributed by atoms with E-state index in [1.807, 2.05) is 26.0 Å². The van der Waals surface area contributed by atoms with Crippen LogP contribution in [0.4, 0.5) is 0 Å². The highest BCUT2D eigenvalue weighted by Gasteiger charge is 2.63. The van der Waals surface area contributed by atoms with Gasteiger partial charge in [-0.25, -0.2) is 0 Å². The molecule has 1 aliphatic carbocycles. The van der Waals surface area contributed by atoms with Gasteiger partial charge in [-0.2, -0.15) is 0 Å². The van der Waals surface area contributed by atoms with Gasteiger partial charge < -0.3 is 19.3 Å². The predicted octanol–water partition coefficient (Wildman–Crippen LogP) is 0.554. The maximum Gasteiger partial charge on any atom is 0.190 e. The summed E-state index contributed by atoms with van der Waals surface area (Å²) in [4.78, 5) is 0. The zero-order chi connectivity index (χ0) is 9.97. The molecule has 3 rings (SSSR count). The predicted molar refractivity (Wildman–Crippen MR) is 47.4 cm³/mol. The maximum atomic E-state index is 10.3. The summed E-state index contributed by atoms with van der Waals surface area (Å²) in [5.74, 6) is -0.654. The first kappa shape index (κ1) is 8.85. The van der Waals surface area contributed by atoms with Crippen molar-refractivity contribution in [3.63, 3.8) is 0 Å². The van der Waals surface area contributed by atoms with Crippen LogP contribution < -0.4 is 0 Å². The van der Waals surface area contributed by atoms with E-state index in [-0.39, 0.29) is 12.2 Å². The Hall–Kier alpha value is -0.420. The van der Waals surface area contributed by atoms with Gasteiger partial charge in [0.15, 0.2) is 12.1 Å². The molecule has 2 heterocycles. The summed E-state index contributed by atoms with van der Waals surface area (Å²) in [5, 5.41) is 10.3. The molecule has 2 saturated heterocycles. The molecule has 4 heteroatoms. The Morgan fingerprint density at radius 1 is 1.36 bits per heavy atom. The van der Waals surface area contributed by atoms with Crippen molar-refractivity contribution in [2.75, 3.05) is 0 Å². The number of fused-ring (bicyclic) bond motifs is 3. The van der Waals surface area contributed by atoms with Crippen molar-refractivity contribution < 1.29 is 19.3 Å². The molecule has 0 unspecified atom stereocenters. The Morgan fingerprint density at radius 3 is 2.93 bits per heavy atom.